The summed E-state index contributed by atoms with van der Waals surface area (Å²) in [6.45, 7) is 5.49. The van der Waals surface area contributed by atoms with Crippen LogP contribution in [0.1, 0.15) is 45.4 Å². The lowest BCUT2D eigenvalue weighted by Gasteiger charge is -2.38. The predicted octanol–water partition coefficient (Wildman–Crippen LogP) is 2.47. The third-order valence-electron chi connectivity index (χ3n) is 5.03. The maximum absolute atomic E-state index is 11.7. The second-order valence-electron chi connectivity index (χ2n) is 6.37. The van der Waals surface area contributed by atoms with Gasteiger partial charge < -0.3 is 9.47 Å². The first kappa shape index (κ1) is 15.8. The second-order valence-corrected chi connectivity index (χ2v) is 6.37. The zero-order valence-corrected chi connectivity index (χ0v) is 13.0. The highest BCUT2D eigenvalue weighted by atomic mass is 16.5. The van der Waals surface area contributed by atoms with Crippen molar-refractivity contribution in [3.05, 3.63) is 0 Å². The largest absolute Gasteiger partial charge is 0.468 e. The summed E-state index contributed by atoms with van der Waals surface area (Å²) in [6, 6.07) is 0.483. The minimum atomic E-state index is -0.111. The van der Waals surface area contributed by atoms with Crippen molar-refractivity contribution < 1.29 is 14.3 Å². The Labute approximate surface area is 122 Å². The van der Waals surface area contributed by atoms with Gasteiger partial charge in [-0.3, -0.25) is 9.69 Å². The Bertz CT molecular complexity index is 302. The van der Waals surface area contributed by atoms with Crippen LogP contribution in [0.15, 0.2) is 0 Å². The third kappa shape index (κ3) is 4.45. The molecule has 0 N–H and O–H groups in total. The molecule has 2 aliphatic rings. The topological polar surface area (TPSA) is 38.8 Å². The first-order valence-corrected chi connectivity index (χ1v) is 8.09. The van der Waals surface area contributed by atoms with Crippen LogP contribution in [0.5, 0.6) is 0 Å². The monoisotopic (exact) mass is 283 g/mol. The number of hydrogen-bond donors (Lipinski definition) is 0. The molecule has 0 bridgehead atoms. The minimum absolute atomic E-state index is 0.111. The summed E-state index contributed by atoms with van der Waals surface area (Å²) < 4.78 is 10.3. The maximum atomic E-state index is 11.7. The van der Waals surface area contributed by atoms with Crippen LogP contribution in [0.25, 0.3) is 0 Å². The van der Waals surface area contributed by atoms with E-state index in [1.165, 1.54) is 32.8 Å². The Hall–Kier alpha value is -0.610. The summed E-state index contributed by atoms with van der Waals surface area (Å²) in [6.07, 6.45) is 7.43. The van der Waals surface area contributed by atoms with E-state index in [9.17, 15) is 4.79 Å². The molecule has 20 heavy (non-hydrogen) atoms. The SMILES string of the molecule is COC(=O)CN(C[C@H]1CCCC[C@H]1C)C1CCOCC1. The Balaban J connectivity index is 1.95. The van der Waals surface area contributed by atoms with Crippen LogP contribution in [-0.4, -0.2) is 50.3 Å². The molecule has 1 aliphatic carbocycles. The molecule has 2 rings (SSSR count). The average molecular weight is 283 g/mol. The number of rotatable bonds is 5. The normalized spacial score (nSPS) is 28.6. The molecule has 1 heterocycles. The lowest BCUT2D eigenvalue weighted by atomic mass is 9.80. The number of esters is 1. The van der Waals surface area contributed by atoms with Gasteiger partial charge in [-0.2, -0.15) is 0 Å². The molecule has 4 nitrogen and oxygen atoms in total. The van der Waals surface area contributed by atoms with E-state index in [2.05, 4.69) is 11.8 Å². The van der Waals surface area contributed by atoms with Crippen molar-refractivity contribution in [3.8, 4) is 0 Å². The lowest BCUT2D eigenvalue weighted by Crippen LogP contribution is -2.46. The number of nitrogens with zero attached hydrogens (tertiary/aromatic N) is 1. The van der Waals surface area contributed by atoms with E-state index in [1.54, 1.807) is 0 Å². The van der Waals surface area contributed by atoms with Gasteiger partial charge in [-0.1, -0.05) is 26.2 Å². The fourth-order valence-electron chi connectivity index (χ4n) is 3.59. The molecule has 1 saturated heterocycles. The molecule has 0 spiro atoms. The predicted molar refractivity (Wildman–Crippen MR) is 78.6 cm³/mol. The highest BCUT2D eigenvalue weighted by Crippen LogP contribution is 2.31. The number of carbonyl (C=O) groups excluding carboxylic acids is 1. The van der Waals surface area contributed by atoms with Crippen LogP contribution in [0, 0.1) is 11.8 Å². The minimum Gasteiger partial charge on any atom is -0.468 e. The van der Waals surface area contributed by atoms with Crippen molar-refractivity contribution in [1.82, 2.24) is 4.90 Å². The molecule has 116 valence electrons. The van der Waals surface area contributed by atoms with Crippen LogP contribution in [0.2, 0.25) is 0 Å². The quantitative estimate of drug-likeness (QED) is 0.727. The fraction of sp³-hybridized carbons (Fsp3) is 0.938. The first-order chi connectivity index (χ1) is 9.70. The van der Waals surface area contributed by atoms with Gasteiger partial charge >= 0.3 is 5.97 Å². The molecular weight excluding hydrogens is 254 g/mol. The van der Waals surface area contributed by atoms with E-state index in [0.29, 0.717) is 12.6 Å². The van der Waals surface area contributed by atoms with Crippen LogP contribution < -0.4 is 0 Å². The van der Waals surface area contributed by atoms with Crippen LogP contribution >= 0.6 is 0 Å². The van der Waals surface area contributed by atoms with E-state index in [1.807, 2.05) is 0 Å². The molecule has 2 atom stereocenters. The van der Waals surface area contributed by atoms with Gasteiger partial charge in [0.25, 0.3) is 0 Å². The molecule has 0 amide bonds. The van der Waals surface area contributed by atoms with Gasteiger partial charge in [-0.05, 0) is 31.1 Å². The van der Waals surface area contributed by atoms with Crippen molar-refractivity contribution in [2.24, 2.45) is 11.8 Å². The molecule has 0 unspecified atom stereocenters. The lowest BCUT2D eigenvalue weighted by molar-refractivity contribution is -0.143. The van der Waals surface area contributed by atoms with Gasteiger partial charge in [0.2, 0.25) is 0 Å². The molecular formula is C16H29NO3. The molecule has 4 heteroatoms. The Morgan fingerprint density at radius 2 is 1.90 bits per heavy atom. The van der Waals surface area contributed by atoms with E-state index in [-0.39, 0.29) is 5.97 Å². The second kappa shape index (κ2) is 7.99. The molecule has 1 saturated carbocycles. The summed E-state index contributed by atoms with van der Waals surface area (Å²) in [5.41, 5.74) is 0. The molecule has 1 aliphatic heterocycles. The van der Waals surface area contributed by atoms with Crippen LogP contribution in [0.3, 0.4) is 0 Å². The highest BCUT2D eigenvalue weighted by molar-refractivity contribution is 5.71. The average Bonchev–Trinajstić information content (AvgIpc) is 2.49. The molecule has 2 fully saturated rings. The van der Waals surface area contributed by atoms with E-state index < -0.39 is 0 Å². The van der Waals surface area contributed by atoms with E-state index >= 15 is 0 Å². The summed E-state index contributed by atoms with van der Waals surface area (Å²) in [4.78, 5) is 14.1. The van der Waals surface area contributed by atoms with Gasteiger partial charge in [0.1, 0.15) is 0 Å². The van der Waals surface area contributed by atoms with Gasteiger partial charge in [0, 0.05) is 25.8 Å². The maximum Gasteiger partial charge on any atom is 0.319 e. The van der Waals surface area contributed by atoms with E-state index in [4.69, 9.17) is 9.47 Å². The zero-order chi connectivity index (χ0) is 14.4. The van der Waals surface area contributed by atoms with Gasteiger partial charge in [-0.15, -0.1) is 0 Å². The zero-order valence-electron chi connectivity index (χ0n) is 13.0. The van der Waals surface area contributed by atoms with Crippen molar-refractivity contribution in [1.29, 1.82) is 0 Å². The molecule has 0 aromatic heterocycles. The van der Waals surface area contributed by atoms with Crippen molar-refractivity contribution in [2.45, 2.75) is 51.5 Å². The Morgan fingerprint density at radius 3 is 2.55 bits per heavy atom. The highest BCUT2D eigenvalue weighted by Gasteiger charge is 2.29. The summed E-state index contributed by atoms with van der Waals surface area (Å²) >= 11 is 0. The van der Waals surface area contributed by atoms with Crippen LogP contribution in [-0.2, 0) is 14.3 Å². The summed E-state index contributed by atoms with van der Waals surface area (Å²) in [5, 5.41) is 0. The standard InChI is InChI=1S/C16H29NO3/c1-13-5-3-4-6-14(13)11-17(12-16(18)19-2)15-7-9-20-10-8-15/h13-15H,3-12H2,1-2H3/t13-,14-/m1/s1. The number of carbonyl (C=O) groups is 1. The third-order valence-corrected chi connectivity index (χ3v) is 5.03. The van der Waals surface area contributed by atoms with Crippen molar-refractivity contribution in [3.63, 3.8) is 0 Å². The Morgan fingerprint density at radius 1 is 1.20 bits per heavy atom. The summed E-state index contributed by atoms with van der Waals surface area (Å²) in [7, 11) is 1.48. The first-order valence-electron chi connectivity index (χ1n) is 8.09. The van der Waals surface area contributed by atoms with Gasteiger partial charge in [0.15, 0.2) is 0 Å². The summed E-state index contributed by atoms with van der Waals surface area (Å²) in [5.74, 6) is 1.40. The van der Waals surface area contributed by atoms with E-state index in [0.717, 1.165) is 44.4 Å². The van der Waals surface area contributed by atoms with Gasteiger partial charge in [-0.25, -0.2) is 0 Å². The number of methoxy groups -OCH3 is 1. The molecule has 0 aromatic rings. The molecule has 0 radical (unpaired) electrons. The van der Waals surface area contributed by atoms with Gasteiger partial charge in [0.05, 0.1) is 13.7 Å². The van der Waals surface area contributed by atoms with Crippen molar-refractivity contribution in [2.75, 3.05) is 33.4 Å². The number of ether oxygens (including phenoxy) is 2. The molecule has 0 aromatic carbocycles. The van der Waals surface area contributed by atoms with Crippen molar-refractivity contribution >= 4 is 5.97 Å². The van der Waals surface area contributed by atoms with Crippen LogP contribution in [0.4, 0.5) is 0 Å². The smallest absolute Gasteiger partial charge is 0.319 e. The number of hydrogen-bond acceptors (Lipinski definition) is 4. The fourth-order valence-corrected chi connectivity index (χ4v) is 3.59. The Kier molecular flexibility index (Phi) is 6.30.